The third-order valence-electron chi connectivity index (χ3n) is 4.82. The summed E-state index contributed by atoms with van der Waals surface area (Å²) in [7, 11) is 0. The molecule has 0 amide bonds. The van der Waals surface area contributed by atoms with E-state index in [2.05, 4.69) is 33.0 Å². The van der Waals surface area contributed by atoms with Gasteiger partial charge in [-0.1, -0.05) is 52.9 Å². The van der Waals surface area contributed by atoms with Crippen LogP contribution in [0.2, 0.25) is 0 Å². The van der Waals surface area contributed by atoms with Crippen molar-refractivity contribution in [2.75, 3.05) is 13.2 Å². The third-order valence-corrected chi connectivity index (χ3v) is 4.82. The maximum atomic E-state index is 6.22. The molecule has 1 fully saturated rings. The second kappa shape index (κ2) is 9.77. The molecule has 1 aliphatic carbocycles. The molecule has 1 aliphatic rings. The van der Waals surface area contributed by atoms with Gasteiger partial charge in [0.25, 0.3) is 0 Å². The molecule has 0 aliphatic heterocycles. The lowest BCUT2D eigenvalue weighted by molar-refractivity contribution is -0.0319. The minimum Gasteiger partial charge on any atom is -0.377 e. The van der Waals surface area contributed by atoms with Crippen LogP contribution in [0, 0.1) is 11.8 Å². The normalized spacial score (nSPS) is 20.7. The summed E-state index contributed by atoms with van der Waals surface area (Å²) in [5.41, 5.74) is 0. The topological polar surface area (TPSA) is 21.3 Å². The van der Waals surface area contributed by atoms with Crippen molar-refractivity contribution in [1.29, 1.82) is 0 Å². The van der Waals surface area contributed by atoms with E-state index >= 15 is 0 Å². The molecule has 19 heavy (non-hydrogen) atoms. The van der Waals surface area contributed by atoms with Crippen molar-refractivity contribution >= 4 is 0 Å². The smallest absolute Gasteiger partial charge is 0.0758 e. The van der Waals surface area contributed by atoms with Crippen LogP contribution in [0.15, 0.2) is 0 Å². The van der Waals surface area contributed by atoms with E-state index in [1.54, 1.807) is 0 Å². The van der Waals surface area contributed by atoms with Crippen molar-refractivity contribution in [3.05, 3.63) is 0 Å². The molecule has 0 aromatic carbocycles. The molecule has 2 nitrogen and oxygen atoms in total. The summed E-state index contributed by atoms with van der Waals surface area (Å²) in [6.45, 7) is 10.9. The summed E-state index contributed by atoms with van der Waals surface area (Å²) in [6.07, 6.45) is 9.89. The quantitative estimate of drug-likeness (QED) is 0.670. The lowest BCUT2D eigenvalue weighted by atomic mass is 9.78. The molecule has 0 saturated heterocycles. The van der Waals surface area contributed by atoms with Gasteiger partial charge in [0.2, 0.25) is 0 Å². The Labute approximate surface area is 120 Å². The Morgan fingerprint density at radius 3 is 2.11 bits per heavy atom. The first kappa shape index (κ1) is 17.0. The molecule has 0 radical (unpaired) electrons. The first-order valence-corrected chi connectivity index (χ1v) is 8.63. The average Bonchev–Trinajstić information content (AvgIpc) is 2.46. The zero-order chi connectivity index (χ0) is 14.1. The number of likely N-dealkylation sites (N-methyl/N-ethyl adjacent to an activating group) is 1. The molecule has 0 aromatic heterocycles. The van der Waals surface area contributed by atoms with E-state index in [0.717, 1.165) is 25.0 Å². The van der Waals surface area contributed by atoms with Crippen LogP contribution in [0.4, 0.5) is 0 Å². The Morgan fingerprint density at radius 1 is 1.00 bits per heavy atom. The van der Waals surface area contributed by atoms with Crippen LogP contribution < -0.4 is 5.32 Å². The highest BCUT2D eigenvalue weighted by molar-refractivity contribution is 4.88. The molecule has 0 heterocycles. The first-order chi connectivity index (χ1) is 9.28. The highest BCUT2D eigenvalue weighted by Gasteiger charge is 2.34. The van der Waals surface area contributed by atoms with E-state index < -0.39 is 0 Å². The highest BCUT2D eigenvalue weighted by Crippen LogP contribution is 2.32. The maximum Gasteiger partial charge on any atom is 0.0758 e. The number of nitrogens with one attached hydrogen (secondary N) is 1. The summed E-state index contributed by atoms with van der Waals surface area (Å²) >= 11 is 0. The van der Waals surface area contributed by atoms with Crippen LogP contribution in [0.25, 0.3) is 0 Å². The Kier molecular flexibility index (Phi) is 8.72. The molecule has 0 aromatic rings. The molecule has 1 N–H and O–H groups in total. The zero-order valence-electron chi connectivity index (χ0n) is 13.6. The van der Waals surface area contributed by atoms with Crippen LogP contribution in [0.5, 0.6) is 0 Å². The van der Waals surface area contributed by atoms with Crippen molar-refractivity contribution in [2.45, 2.75) is 84.8 Å². The largest absolute Gasteiger partial charge is 0.377 e. The SMILES string of the molecule is CCNC(C(CC)CC)C(OCC)C1CCCCC1. The second-order valence-corrected chi connectivity index (χ2v) is 5.98. The molecule has 1 rings (SSSR count). The second-order valence-electron chi connectivity index (χ2n) is 5.98. The molecule has 0 spiro atoms. The van der Waals surface area contributed by atoms with E-state index in [1.165, 1.54) is 44.9 Å². The molecule has 2 heteroatoms. The molecule has 1 saturated carbocycles. The molecular formula is C17H35NO. The number of ether oxygens (including phenoxy) is 1. The van der Waals surface area contributed by atoms with Gasteiger partial charge in [0.1, 0.15) is 0 Å². The van der Waals surface area contributed by atoms with E-state index in [-0.39, 0.29) is 0 Å². The fraction of sp³-hybridized carbons (Fsp3) is 1.00. The van der Waals surface area contributed by atoms with Gasteiger partial charge in [-0.3, -0.25) is 0 Å². The zero-order valence-corrected chi connectivity index (χ0v) is 13.6. The highest BCUT2D eigenvalue weighted by atomic mass is 16.5. The standard InChI is InChI=1S/C17H35NO/c1-5-14(6-2)16(18-7-3)17(19-8-4)15-12-10-9-11-13-15/h14-18H,5-13H2,1-4H3. The van der Waals surface area contributed by atoms with Crippen LogP contribution >= 0.6 is 0 Å². The average molecular weight is 269 g/mol. The van der Waals surface area contributed by atoms with Crippen LogP contribution in [0.3, 0.4) is 0 Å². The van der Waals surface area contributed by atoms with Crippen LogP contribution in [-0.2, 0) is 4.74 Å². The fourth-order valence-electron chi connectivity index (χ4n) is 3.77. The minimum atomic E-state index is 0.426. The van der Waals surface area contributed by atoms with Crippen molar-refractivity contribution in [2.24, 2.45) is 11.8 Å². The van der Waals surface area contributed by atoms with Gasteiger partial charge < -0.3 is 10.1 Å². The molecule has 0 bridgehead atoms. The van der Waals surface area contributed by atoms with Gasteiger partial charge >= 0.3 is 0 Å². The Hall–Kier alpha value is -0.0800. The number of rotatable bonds is 9. The van der Waals surface area contributed by atoms with Gasteiger partial charge in [-0.2, -0.15) is 0 Å². The third kappa shape index (κ3) is 5.07. The van der Waals surface area contributed by atoms with E-state index in [1.807, 2.05) is 0 Å². The predicted octanol–water partition coefficient (Wildman–Crippen LogP) is 4.39. The fourth-order valence-corrected chi connectivity index (χ4v) is 3.77. The van der Waals surface area contributed by atoms with Gasteiger partial charge in [-0.15, -0.1) is 0 Å². The van der Waals surface area contributed by atoms with Gasteiger partial charge in [0.05, 0.1) is 6.10 Å². The molecule has 114 valence electrons. The lowest BCUT2D eigenvalue weighted by Gasteiger charge is -2.39. The Bertz CT molecular complexity index is 209. The van der Waals surface area contributed by atoms with Crippen LogP contribution in [-0.4, -0.2) is 25.3 Å². The predicted molar refractivity (Wildman–Crippen MR) is 83.5 cm³/mol. The van der Waals surface area contributed by atoms with E-state index in [0.29, 0.717) is 12.1 Å². The first-order valence-electron chi connectivity index (χ1n) is 8.63. The van der Waals surface area contributed by atoms with E-state index in [9.17, 15) is 0 Å². The van der Waals surface area contributed by atoms with Crippen molar-refractivity contribution in [3.63, 3.8) is 0 Å². The minimum absolute atomic E-state index is 0.426. The monoisotopic (exact) mass is 269 g/mol. The lowest BCUT2D eigenvalue weighted by Crippen LogP contribution is -2.50. The van der Waals surface area contributed by atoms with Gasteiger partial charge in [0, 0.05) is 12.6 Å². The molecule has 2 unspecified atom stereocenters. The van der Waals surface area contributed by atoms with Gasteiger partial charge in [-0.25, -0.2) is 0 Å². The van der Waals surface area contributed by atoms with Crippen molar-refractivity contribution < 1.29 is 4.74 Å². The summed E-state index contributed by atoms with van der Waals surface area (Å²) in [5.74, 6) is 1.52. The van der Waals surface area contributed by atoms with Gasteiger partial charge in [-0.05, 0) is 38.1 Å². The van der Waals surface area contributed by atoms with Gasteiger partial charge in [0.15, 0.2) is 0 Å². The summed E-state index contributed by atoms with van der Waals surface area (Å²) in [6, 6.07) is 0.544. The number of hydrogen-bond acceptors (Lipinski definition) is 2. The molecular weight excluding hydrogens is 234 g/mol. The van der Waals surface area contributed by atoms with E-state index in [4.69, 9.17) is 4.74 Å². The summed E-state index contributed by atoms with van der Waals surface area (Å²) < 4.78 is 6.22. The Balaban J connectivity index is 2.76. The summed E-state index contributed by atoms with van der Waals surface area (Å²) in [5, 5.41) is 3.74. The van der Waals surface area contributed by atoms with Crippen molar-refractivity contribution in [3.8, 4) is 0 Å². The van der Waals surface area contributed by atoms with Crippen molar-refractivity contribution in [1.82, 2.24) is 5.32 Å². The summed E-state index contributed by atoms with van der Waals surface area (Å²) in [4.78, 5) is 0. The molecule has 2 atom stereocenters. The Morgan fingerprint density at radius 2 is 1.63 bits per heavy atom. The number of hydrogen-bond donors (Lipinski definition) is 1. The maximum absolute atomic E-state index is 6.22. The van der Waals surface area contributed by atoms with Crippen LogP contribution in [0.1, 0.15) is 72.6 Å².